The second-order valence-electron chi connectivity index (χ2n) is 6.05. The first-order chi connectivity index (χ1) is 11.7. The van der Waals surface area contributed by atoms with Crippen LogP contribution in [0.25, 0.3) is 0 Å². The zero-order chi connectivity index (χ0) is 17.4. The Kier molecular flexibility index (Phi) is 9.35. The molecule has 0 saturated heterocycles. The quantitative estimate of drug-likeness (QED) is 0.535. The molecule has 2 rings (SSSR count). The zero-order valence-corrected chi connectivity index (χ0v) is 15.7. The molecule has 5 heteroatoms. The van der Waals surface area contributed by atoms with E-state index >= 15 is 0 Å². The van der Waals surface area contributed by atoms with E-state index in [2.05, 4.69) is 24.5 Å². The minimum absolute atomic E-state index is 0. The number of benzene rings is 2. The van der Waals surface area contributed by atoms with Gasteiger partial charge in [-0.2, -0.15) is 0 Å². The van der Waals surface area contributed by atoms with Crippen molar-refractivity contribution in [2.75, 3.05) is 13.1 Å². The highest BCUT2D eigenvalue weighted by molar-refractivity contribution is 5.85. The Bertz CT molecular complexity index is 547. The molecule has 25 heavy (non-hydrogen) atoms. The van der Waals surface area contributed by atoms with Crippen LogP contribution >= 0.6 is 12.4 Å². The lowest BCUT2D eigenvalue weighted by Gasteiger charge is -2.30. The highest BCUT2D eigenvalue weighted by atomic mass is 35.5. The lowest BCUT2D eigenvalue weighted by atomic mass is 9.92. The third kappa shape index (κ3) is 6.24. The van der Waals surface area contributed by atoms with Crippen molar-refractivity contribution in [3.05, 3.63) is 59.7 Å². The second-order valence-corrected chi connectivity index (χ2v) is 6.05. The predicted molar refractivity (Wildman–Crippen MR) is 106 cm³/mol. The van der Waals surface area contributed by atoms with Crippen LogP contribution in [0.4, 0.5) is 0 Å². The highest BCUT2D eigenvalue weighted by Gasteiger charge is 2.24. The molecular formula is C20H29ClN2O2. The molecule has 4 nitrogen and oxygen atoms in total. The van der Waals surface area contributed by atoms with Gasteiger partial charge in [-0.1, -0.05) is 38.1 Å². The second kappa shape index (κ2) is 11.0. The van der Waals surface area contributed by atoms with E-state index in [1.54, 1.807) is 24.3 Å². The molecule has 0 aliphatic carbocycles. The standard InChI is InChI=1S/C20H28N2O2.ClH/c1-3-13-21-19(15-5-9-17(23)10-6-15)20(22-14-4-2)16-7-11-18(24)12-8-16;/h5-12,19-24H,3-4,13-14H2,1-2H3;1H. The van der Waals surface area contributed by atoms with Gasteiger partial charge in [0.1, 0.15) is 11.5 Å². The maximum Gasteiger partial charge on any atom is 0.115 e. The lowest BCUT2D eigenvalue weighted by molar-refractivity contribution is 0.384. The van der Waals surface area contributed by atoms with Gasteiger partial charge in [0, 0.05) is 0 Å². The first-order valence-corrected chi connectivity index (χ1v) is 8.70. The predicted octanol–water partition coefficient (Wildman–Crippen LogP) is 4.30. The molecule has 2 aromatic rings. The zero-order valence-electron chi connectivity index (χ0n) is 14.9. The topological polar surface area (TPSA) is 64.5 Å². The summed E-state index contributed by atoms with van der Waals surface area (Å²) in [5.74, 6) is 0.548. The number of rotatable bonds is 9. The van der Waals surface area contributed by atoms with Crippen molar-refractivity contribution in [1.82, 2.24) is 10.6 Å². The SMILES string of the molecule is CCCNC(c1ccc(O)cc1)C(NCCC)c1ccc(O)cc1.Cl. The minimum Gasteiger partial charge on any atom is -0.508 e. The summed E-state index contributed by atoms with van der Waals surface area (Å²) in [6.07, 6.45) is 2.09. The Morgan fingerprint density at radius 2 is 1.00 bits per heavy atom. The van der Waals surface area contributed by atoms with Gasteiger partial charge >= 0.3 is 0 Å². The number of halogens is 1. The van der Waals surface area contributed by atoms with Crippen molar-refractivity contribution >= 4 is 12.4 Å². The van der Waals surface area contributed by atoms with Gasteiger partial charge in [-0.05, 0) is 61.3 Å². The maximum atomic E-state index is 9.58. The Balaban J connectivity index is 0.00000312. The van der Waals surface area contributed by atoms with Gasteiger partial charge in [-0.3, -0.25) is 0 Å². The van der Waals surface area contributed by atoms with Crippen LogP contribution in [0.3, 0.4) is 0 Å². The van der Waals surface area contributed by atoms with Gasteiger partial charge in [0.2, 0.25) is 0 Å². The fraction of sp³-hybridized carbons (Fsp3) is 0.400. The van der Waals surface area contributed by atoms with Crippen molar-refractivity contribution in [3.8, 4) is 11.5 Å². The van der Waals surface area contributed by atoms with Gasteiger partial charge in [-0.15, -0.1) is 12.4 Å². The summed E-state index contributed by atoms with van der Waals surface area (Å²) >= 11 is 0. The molecule has 0 saturated carbocycles. The molecule has 2 atom stereocenters. The van der Waals surface area contributed by atoms with E-state index < -0.39 is 0 Å². The summed E-state index contributed by atoms with van der Waals surface area (Å²) in [5, 5.41) is 26.4. The number of phenolic OH excluding ortho intramolecular Hbond substituents is 2. The maximum absolute atomic E-state index is 9.58. The average molecular weight is 365 g/mol. The third-order valence-corrected chi connectivity index (χ3v) is 4.07. The first kappa shape index (κ1) is 21.3. The molecule has 0 aromatic heterocycles. The summed E-state index contributed by atoms with van der Waals surface area (Å²) in [6.45, 7) is 6.12. The number of phenols is 2. The van der Waals surface area contributed by atoms with Crippen LogP contribution in [0.2, 0.25) is 0 Å². The van der Waals surface area contributed by atoms with Crippen LogP contribution in [-0.4, -0.2) is 23.3 Å². The van der Waals surface area contributed by atoms with Crippen molar-refractivity contribution in [2.45, 2.75) is 38.8 Å². The van der Waals surface area contributed by atoms with Crippen LogP contribution in [0.5, 0.6) is 11.5 Å². The van der Waals surface area contributed by atoms with Crippen LogP contribution in [0.1, 0.15) is 49.9 Å². The summed E-state index contributed by atoms with van der Waals surface area (Å²) < 4.78 is 0. The van der Waals surface area contributed by atoms with E-state index in [-0.39, 0.29) is 36.0 Å². The van der Waals surface area contributed by atoms with E-state index in [1.807, 2.05) is 24.3 Å². The summed E-state index contributed by atoms with van der Waals surface area (Å²) in [4.78, 5) is 0. The monoisotopic (exact) mass is 364 g/mol. The normalized spacial score (nSPS) is 13.0. The molecule has 0 fully saturated rings. The smallest absolute Gasteiger partial charge is 0.115 e. The molecule has 0 spiro atoms. The van der Waals surface area contributed by atoms with E-state index in [4.69, 9.17) is 0 Å². The molecule has 2 unspecified atom stereocenters. The molecule has 0 bridgehead atoms. The van der Waals surface area contributed by atoms with Crippen molar-refractivity contribution < 1.29 is 10.2 Å². The Morgan fingerprint density at radius 3 is 1.28 bits per heavy atom. The summed E-state index contributed by atoms with van der Waals surface area (Å²) in [6, 6.07) is 14.9. The van der Waals surface area contributed by atoms with Gasteiger partial charge in [0.05, 0.1) is 12.1 Å². The molecule has 0 aliphatic rings. The molecule has 0 heterocycles. The molecule has 4 N–H and O–H groups in total. The van der Waals surface area contributed by atoms with Gasteiger partial charge in [-0.25, -0.2) is 0 Å². The Morgan fingerprint density at radius 1 is 0.680 bits per heavy atom. The Hall–Kier alpha value is -1.75. The van der Waals surface area contributed by atoms with Gasteiger partial charge in [0.15, 0.2) is 0 Å². The Labute approximate surface area is 156 Å². The number of hydrogen-bond acceptors (Lipinski definition) is 4. The first-order valence-electron chi connectivity index (χ1n) is 8.70. The minimum atomic E-state index is 0. The third-order valence-electron chi connectivity index (χ3n) is 4.07. The number of hydrogen-bond donors (Lipinski definition) is 4. The van der Waals surface area contributed by atoms with Crippen molar-refractivity contribution in [2.24, 2.45) is 0 Å². The van der Waals surface area contributed by atoms with Crippen LogP contribution < -0.4 is 10.6 Å². The van der Waals surface area contributed by atoms with E-state index in [0.29, 0.717) is 0 Å². The fourth-order valence-electron chi connectivity index (χ4n) is 2.82. The van der Waals surface area contributed by atoms with E-state index in [9.17, 15) is 10.2 Å². The molecule has 0 amide bonds. The number of aromatic hydroxyl groups is 2. The lowest BCUT2D eigenvalue weighted by Crippen LogP contribution is -2.36. The average Bonchev–Trinajstić information content (AvgIpc) is 2.60. The molecular weight excluding hydrogens is 336 g/mol. The fourth-order valence-corrected chi connectivity index (χ4v) is 2.82. The highest BCUT2D eigenvalue weighted by Crippen LogP contribution is 2.31. The molecule has 138 valence electrons. The van der Waals surface area contributed by atoms with Crippen LogP contribution in [0, 0.1) is 0 Å². The van der Waals surface area contributed by atoms with E-state index in [0.717, 1.165) is 37.1 Å². The van der Waals surface area contributed by atoms with Crippen molar-refractivity contribution in [1.29, 1.82) is 0 Å². The van der Waals surface area contributed by atoms with Crippen LogP contribution in [0.15, 0.2) is 48.5 Å². The van der Waals surface area contributed by atoms with Crippen LogP contribution in [-0.2, 0) is 0 Å². The summed E-state index contributed by atoms with van der Waals surface area (Å²) in [5.41, 5.74) is 2.26. The summed E-state index contributed by atoms with van der Waals surface area (Å²) in [7, 11) is 0. The van der Waals surface area contributed by atoms with Crippen molar-refractivity contribution in [3.63, 3.8) is 0 Å². The molecule has 0 radical (unpaired) electrons. The molecule has 2 aromatic carbocycles. The van der Waals surface area contributed by atoms with Gasteiger partial charge < -0.3 is 20.8 Å². The largest absolute Gasteiger partial charge is 0.508 e. The van der Waals surface area contributed by atoms with Gasteiger partial charge in [0.25, 0.3) is 0 Å². The number of nitrogens with one attached hydrogen (secondary N) is 2. The molecule has 0 aliphatic heterocycles. The van der Waals surface area contributed by atoms with E-state index in [1.165, 1.54) is 0 Å².